The van der Waals surface area contributed by atoms with Gasteiger partial charge in [-0.3, -0.25) is 10.4 Å². The molecule has 0 heterocycles. The van der Waals surface area contributed by atoms with E-state index in [1.807, 2.05) is 30.3 Å². The van der Waals surface area contributed by atoms with Crippen molar-refractivity contribution in [2.24, 2.45) is 5.84 Å². The number of rotatable bonds is 3. The summed E-state index contributed by atoms with van der Waals surface area (Å²) in [5, 5.41) is 0. The monoisotopic (exact) mass is 234 g/mol. The zero-order chi connectivity index (χ0) is 11.7. The number of anilines is 1. The fraction of sp³-hybridized carbons (Fsp3) is 0.250. The summed E-state index contributed by atoms with van der Waals surface area (Å²) in [6, 6.07) is 9.60. The molecule has 0 aromatic heterocycles. The van der Waals surface area contributed by atoms with E-state index in [-0.39, 0.29) is 6.61 Å². The van der Waals surface area contributed by atoms with Crippen LogP contribution in [0.4, 0.5) is 5.69 Å². The van der Waals surface area contributed by atoms with Crippen molar-refractivity contribution < 1.29 is 17.2 Å². The first kappa shape index (κ1) is 13.8. The lowest BCUT2D eigenvalue weighted by atomic mass is 10.3. The standard InChI is InChI=1S/C6H8N2.C2H6O4S/c7-8-6-4-2-1-3-5-6;1-2-6-7(3,4)5/h1-5,8H,7H2;2H2,1H3,(H,3,4,5). The van der Waals surface area contributed by atoms with Crippen LogP contribution in [-0.2, 0) is 14.6 Å². The minimum absolute atomic E-state index is 0.0289. The summed E-state index contributed by atoms with van der Waals surface area (Å²) in [6.07, 6.45) is 0. The molecular formula is C8H14N2O4S. The van der Waals surface area contributed by atoms with Gasteiger partial charge in [0.1, 0.15) is 0 Å². The van der Waals surface area contributed by atoms with Gasteiger partial charge in [0.05, 0.1) is 6.61 Å². The first-order valence-corrected chi connectivity index (χ1v) is 5.49. The average molecular weight is 234 g/mol. The molecule has 0 saturated carbocycles. The van der Waals surface area contributed by atoms with Gasteiger partial charge in [0, 0.05) is 5.69 Å². The molecule has 1 aromatic carbocycles. The maximum atomic E-state index is 9.56. The van der Waals surface area contributed by atoms with Crippen molar-refractivity contribution in [1.29, 1.82) is 0 Å². The summed E-state index contributed by atoms with van der Waals surface area (Å²) in [6.45, 7) is 1.44. The number of hydrogen-bond acceptors (Lipinski definition) is 5. The van der Waals surface area contributed by atoms with Gasteiger partial charge in [-0.25, -0.2) is 4.18 Å². The SMILES string of the molecule is CCOS(=O)(=O)O.NNc1ccccc1. The Balaban J connectivity index is 0.000000265. The smallest absolute Gasteiger partial charge is 0.324 e. The molecule has 0 amide bonds. The number of nitrogens with one attached hydrogen (secondary N) is 1. The molecule has 1 aromatic rings. The minimum Gasteiger partial charge on any atom is -0.324 e. The first-order chi connectivity index (χ1) is 6.99. The summed E-state index contributed by atoms with van der Waals surface area (Å²) in [4.78, 5) is 0. The highest BCUT2D eigenvalue weighted by molar-refractivity contribution is 7.80. The van der Waals surface area contributed by atoms with Crippen molar-refractivity contribution in [3.05, 3.63) is 30.3 Å². The molecule has 0 saturated heterocycles. The second kappa shape index (κ2) is 7.18. The molecule has 0 bridgehead atoms. The normalized spacial score (nSPS) is 10.1. The van der Waals surface area contributed by atoms with E-state index >= 15 is 0 Å². The number of hydrogen-bond donors (Lipinski definition) is 3. The van der Waals surface area contributed by atoms with Crippen LogP contribution in [0.2, 0.25) is 0 Å². The Labute approximate surface area is 89.0 Å². The Hall–Kier alpha value is -1.15. The summed E-state index contributed by atoms with van der Waals surface area (Å²) < 4.78 is 30.7. The fourth-order valence-electron chi connectivity index (χ4n) is 0.683. The molecule has 0 fully saturated rings. The third-order valence-electron chi connectivity index (χ3n) is 1.21. The number of benzene rings is 1. The third-order valence-corrected chi connectivity index (χ3v) is 1.74. The molecule has 0 atom stereocenters. The van der Waals surface area contributed by atoms with Crippen molar-refractivity contribution >= 4 is 16.1 Å². The van der Waals surface area contributed by atoms with Gasteiger partial charge in [-0.05, 0) is 19.1 Å². The molecule has 6 nitrogen and oxygen atoms in total. The van der Waals surface area contributed by atoms with Gasteiger partial charge >= 0.3 is 10.4 Å². The highest BCUT2D eigenvalue weighted by Gasteiger charge is 1.98. The molecule has 7 heteroatoms. The quantitative estimate of drug-likeness (QED) is 0.406. The highest BCUT2D eigenvalue weighted by Crippen LogP contribution is 2.00. The Kier molecular flexibility index (Phi) is 6.63. The minimum atomic E-state index is -4.17. The van der Waals surface area contributed by atoms with Crippen molar-refractivity contribution in [1.82, 2.24) is 0 Å². The van der Waals surface area contributed by atoms with Gasteiger partial charge in [0.15, 0.2) is 0 Å². The van der Waals surface area contributed by atoms with Crippen LogP contribution in [0.15, 0.2) is 30.3 Å². The van der Waals surface area contributed by atoms with Crippen LogP contribution in [0.5, 0.6) is 0 Å². The van der Waals surface area contributed by atoms with Crippen LogP contribution in [0.25, 0.3) is 0 Å². The van der Waals surface area contributed by atoms with Crippen molar-refractivity contribution in [3.63, 3.8) is 0 Å². The molecule has 0 aliphatic carbocycles. The zero-order valence-corrected chi connectivity index (χ0v) is 9.07. The van der Waals surface area contributed by atoms with E-state index in [1.54, 1.807) is 0 Å². The number of nitrogens with two attached hydrogens (primary N) is 1. The number of para-hydroxylation sites is 1. The Bertz CT molecular complexity index is 352. The molecule has 0 unspecified atom stereocenters. The second-order valence-electron chi connectivity index (χ2n) is 2.34. The van der Waals surface area contributed by atoms with Crippen LogP contribution in [0.1, 0.15) is 6.92 Å². The summed E-state index contributed by atoms with van der Waals surface area (Å²) >= 11 is 0. The van der Waals surface area contributed by atoms with E-state index in [1.165, 1.54) is 6.92 Å². The summed E-state index contributed by atoms with van der Waals surface area (Å²) in [5.74, 6) is 5.10. The Morgan fingerprint density at radius 2 is 1.93 bits per heavy atom. The summed E-state index contributed by atoms with van der Waals surface area (Å²) in [5.41, 5.74) is 3.46. The van der Waals surface area contributed by atoms with Gasteiger partial charge in [0.25, 0.3) is 0 Å². The van der Waals surface area contributed by atoms with E-state index in [2.05, 4.69) is 9.61 Å². The molecular weight excluding hydrogens is 220 g/mol. The predicted molar refractivity (Wildman–Crippen MR) is 57.4 cm³/mol. The molecule has 4 N–H and O–H groups in total. The molecule has 1 rings (SSSR count). The van der Waals surface area contributed by atoms with Crippen LogP contribution in [0.3, 0.4) is 0 Å². The fourth-order valence-corrected chi connectivity index (χ4v) is 0.981. The van der Waals surface area contributed by atoms with Gasteiger partial charge in [0.2, 0.25) is 0 Å². The van der Waals surface area contributed by atoms with Crippen molar-refractivity contribution in [2.45, 2.75) is 6.92 Å². The lowest BCUT2D eigenvalue weighted by molar-refractivity contribution is 0.283. The molecule has 0 spiro atoms. The molecule has 0 radical (unpaired) electrons. The Morgan fingerprint density at radius 1 is 1.40 bits per heavy atom. The Morgan fingerprint density at radius 3 is 2.13 bits per heavy atom. The summed E-state index contributed by atoms with van der Waals surface area (Å²) in [7, 11) is -4.17. The molecule has 0 aliphatic rings. The maximum Gasteiger partial charge on any atom is 0.397 e. The van der Waals surface area contributed by atoms with Gasteiger partial charge in [-0.2, -0.15) is 8.42 Å². The second-order valence-corrected chi connectivity index (χ2v) is 3.44. The number of nitrogen functional groups attached to an aromatic ring is 1. The van der Waals surface area contributed by atoms with Crippen LogP contribution >= 0.6 is 0 Å². The third kappa shape index (κ3) is 9.16. The molecule has 15 heavy (non-hydrogen) atoms. The van der Waals surface area contributed by atoms with Crippen LogP contribution in [0, 0.1) is 0 Å². The van der Waals surface area contributed by atoms with Crippen LogP contribution in [-0.4, -0.2) is 19.6 Å². The van der Waals surface area contributed by atoms with E-state index in [0.717, 1.165) is 5.69 Å². The van der Waals surface area contributed by atoms with Gasteiger partial charge in [-0.15, -0.1) is 0 Å². The highest BCUT2D eigenvalue weighted by atomic mass is 32.3. The first-order valence-electron chi connectivity index (χ1n) is 4.13. The lowest BCUT2D eigenvalue weighted by Gasteiger charge is -1.94. The average Bonchev–Trinajstić information content (AvgIpc) is 2.18. The topological polar surface area (TPSA) is 102 Å². The van der Waals surface area contributed by atoms with Crippen LogP contribution < -0.4 is 11.3 Å². The zero-order valence-electron chi connectivity index (χ0n) is 8.25. The van der Waals surface area contributed by atoms with Crippen molar-refractivity contribution in [2.75, 3.05) is 12.0 Å². The van der Waals surface area contributed by atoms with Gasteiger partial charge < -0.3 is 5.43 Å². The van der Waals surface area contributed by atoms with E-state index in [0.29, 0.717) is 0 Å². The maximum absolute atomic E-state index is 9.56. The predicted octanol–water partition coefficient (Wildman–Crippen LogP) is 0.798. The largest absolute Gasteiger partial charge is 0.397 e. The lowest BCUT2D eigenvalue weighted by Crippen LogP contribution is -2.05. The van der Waals surface area contributed by atoms with E-state index < -0.39 is 10.4 Å². The van der Waals surface area contributed by atoms with Gasteiger partial charge in [-0.1, -0.05) is 18.2 Å². The molecule has 86 valence electrons. The van der Waals surface area contributed by atoms with Crippen molar-refractivity contribution in [3.8, 4) is 0 Å². The van der Waals surface area contributed by atoms with E-state index in [9.17, 15) is 8.42 Å². The molecule has 0 aliphatic heterocycles. The number of hydrazine groups is 1. The van der Waals surface area contributed by atoms with E-state index in [4.69, 9.17) is 10.4 Å².